The number of nitrogens with zero attached hydrogens (tertiary/aromatic N) is 1. The van der Waals surface area contributed by atoms with Crippen LogP contribution in [0.4, 0.5) is 0 Å². The minimum Gasteiger partial charge on any atom is -0.396 e. The van der Waals surface area contributed by atoms with Crippen LogP contribution in [0.3, 0.4) is 0 Å². The number of hydrogen-bond acceptors (Lipinski definition) is 3. The van der Waals surface area contributed by atoms with Crippen LogP contribution in [0, 0.1) is 0 Å². The number of aliphatic hydroxyl groups excluding tert-OH is 1. The third-order valence-electron chi connectivity index (χ3n) is 2.93. The van der Waals surface area contributed by atoms with Gasteiger partial charge in [-0.2, -0.15) is 11.8 Å². The molecule has 1 rings (SSSR count). The van der Waals surface area contributed by atoms with E-state index in [-0.39, 0.29) is 18.6 Å². The predicted molar refractivity (Wildman–Crippen MR) is 76.7 cm³/mol. The summed E-state index contributed by atoms with van der Waals surface area (Å²) in [6.45, 7) is 2.23. The van der Waals surface area contributed by atoms with Crippen LogP contribution in [-0.2, 0) is 4.79 Å². The van der Waals surface area contributed by atoms with Gasteiger partial charge in [-0.25, -0.2) is 0 Å². The van der Waals surface area contributed by atoms with Gasteiger partial charge in [-0.1, -0.05) is 30.3 Å². The molecule has 0 aromatic heterocycles. The zero-order valence-electron chi connectivity index (χ0n) is 11.0. The van der Waals surface area contributed by atoms with Crippen LogP contribution >= 0.6 is 11.8 Å². The average Bonchev–Trinajstić information content (AvgIpc) is 2.42. The number of thioether (sulfide) groups is 1. The maximum Gasteiger partial charge on any atom is 0.232 e. The van der Waals surface area contributed by atoms with E-state index >= 15 is 0 Å². The van der Waals surface area contributed by atoms with Crippen molar-refractivity contribution in [2.24, 2.45) is 0 Å². The second kappa shape index (κ2) is 8.16. The summed E-state index contributed by atoms with van der Waals surface area (Å²) in [5.74, 6) is 1.44. The Morgan fingerprint density at radius 1 is 1.39 bits per heavy atom. The molecular weight excluding hydrogens is 246 g/mol. The van der Waals surface area contributed by atoms with Gasteiger partial charge < -0.3 is 10.0 Å². The first-order chi connectivity index (χ1) is 8.66. The van der Waals surface area contributed by atoms with E-state index in [1.807, 2.05) is 44.3 Å². The van der Waals surface area contributed by atoms with Gasteiger partial charge in [-0.05, 0) is 24.7 Å². The van der Waals surface area contributed by atoms with E-state index in [2.05, 4.69) is 0 Å². The Labute approximate surface area is 113 Å². The lowest BCUT2D eigenvalue weighted by atomic mass is 10.1. The maximum absolute atomic E-state index is 12.0. The van der Waals surface area contributed by atoms with E-state index in [9.17, 15) is 4.79 Å². The predicted octanol–water partition coefficient (Wildman–Crippen LogP) is 2.32. The smallest absolute Gasteiger partial charge is 0.232 e. The third kappa shape index (κ3) is 4.70. The second-order valence-corrected chi connectivity index (χ2v) is 5.33. The normalized spacial score (nSPS) is 12.2. The summed E-state index contributed by atoms with van der Waals surface area (Å²) in [5, 5.41) is 8.67. The second-order valence-electron chi connectivity index (χ2n) is 4.22. The molecule has 1 atom stereocenters. The first-order valence-corrected chi connectivity index (χ1v) is 7.31. The highest BCUT2D eigenvalue weighted by Crippen LogP contribution is 2.19. The molecule has 3 nitrogen and oxygen atoms in total. The van der Waals surface area contributed by atoms with Gasteiger partial charge in [-0.3, -0.25) is 4.79 Å². The topological polar surface area (TPSA) is 40.5 Å². The number of benzene rings is 1. The van der Waals surface area contributed by atoms with Crippen LogP contribution in [0.1, 0.15) is 24.9 Å². The number of carbonyl (C=O) groups excluding carboxylic acids is 1. The molecule has 1 N–H and O–H groups in total. The van der Waals surface area contributed by atoms with Gasteiger partial charge in [0, 0.05) is 13.7 Å². The van der Waals surface area contributed by atoms with Gasteiger partial charge in [-0.15, -0.1) is 0 Å². The molecule has 0 spiro atoms. The molecule has 0 aliphatic heterocycles. The number of aliphatic hydroxyl groups is 1. The van der Waals surface area contributed by atoms with Gasteiger partial charge in [0.15, 0.2) is 0 Å². The molecule has 0 bridgehead atoms. The van der Waals surface area contributed by atoms with Crippen LogP contribution < -0.4 is 0 Å². The van der Waals surface area contributed by atoms with Crippen molar-refractivity contribution < 1.29 is 9.90 Å². The van der Waals surface area contributed by atoms with E-state index in [1.54, 1.807) is 16.7 Å². The number of amides is 1. The molecule has 100 valence electrons. The maximum atomic E-state index is 12.0. The highest BCUT2D eigenvalue weighted by atomic mass is 32.2. The summed E-state index contributed by atoms with van der Waals surface area (Å²) in [6.07, 6.45) is 0.746. The number of hydrogen-bond donors (Lipinski definition) is 1. The van der Waals surface area contributed by atoms with Crippen molar-refractivity contribution in [3.8, 4) is 0 Å². The summed E-state index contributed by atoms with van der Waals surface area (Å²) >= 11 is 1.58. The molecule has 1 amide bonds. The van der Waals surface area contributed by atoms with Crippen LogP contribution in [-0.4, -0.2) is 41.1 Å². The van der Waals surface area contributed by atoms with Crippen molar-refractivity contribution in [2.75, 3.05) is 25.2 Å². The third-order valence-corrected chi connectivity index (χ3v) is 3.96. The molecule has 1 aromatic rings. The molecule has 0 aliphatic carbocycles. The Bertz CT molecular complexity index is 356. The molecule has 1 unspecified atom stereocenters. The van der Waals surface area contributed by atoms with Crippen molar-refractivity contribution in [2.45, 2.75) is 19.4 Å². The lowest BCUT2D eigenvalue weighted by Crippen LogP contribution is -2.31. The zero-order chi connectivity index (χ0) is 13.4. The van der Waals surface area contributed by atoms with Gasteiger partial charge in [0.2, 0.25) is 5.91 Å². The molecule has 0 fully saturated rings. The van der Waals surface area contributed by atoms with Crippen LogP contribution in [0.25, 0.3) is 0 Å². The van der Waals surface area contributed by atoms with E-state index in [0.29, 0.717) is 5.75 Å². The van der Waals surface area contributed by atoms with E-state index in [0.717, 1.165) is 17.7 Å². The Hall–Kier alpha value is -1.000. The van der Waals surface area contributed by atoms with Crippen molar-refractivity contribution in [3.05, 3.63) is 35.9 Å². The molecule has 1 aromatic carbocycles. The first kappa shape index (κ1) is 15.1. The largest absolute Gasteiger partial charge is 0.396 e. The van der Waals surface area contributed by atoms with Crippen LogP contribution in [0.5, 0.6) is 0 Å². The number of carbonyl (C=O) groups is 1. The first-order valence-electron chi connectivity index (χ1n) is 6.16. The van der Waals surface area contributed by atoms with Gasteiger partial charge in [0.05, 0.1) is 11.8 Å². The van der Waals surface area contributed by atoms with Crippen molar-refractivity contribution in [3.63, 3.8) is 0 Å². The summed E-state index contributed by atoms with van der Waals surface area (Å²) in [5.41, 5.74) is 1.15. The van der Waals surface area contributed by atoms with Crippen molar-refractivity contribution in [1.82, 2.24) is 4.90 Å². The molecule has 0 aliphatic rings. The average molecular weight is 267 g/mol. The fourth-order valence-electron chi connectivity index (χ4n) is 1.60. The summed E-state index contributed by atoms with van der Waals surface area (Å²) in [4.78, 5) is 13.7. The minimum atomic E-state index is 0.0946. The Kier molecular flexibility index (Phi) is 6.83. The van der Waals surface area contributed by atoms with E-state index in [4.69, 9.17) is 5.11 Å². The van der Waals surface area contributed by atoms with Crippen molar-refractivity contribution in [1.29, 1.82) is 0 Å². The van der Waals surface area contributed by atoms with E-state index in [1.165, 1.54) is 0 Å². The van der Waals surface area contributed by atoms with Gasteiger partial charge in [0.1, 0.15) is 0 Å². The summed E-state index contributed by atoms with van der Waals surface area (Å²) < 4.78 is 0. The highest BCUT2D eigenvalue weighted by molar-refractivity contribution is 7.99. The fourth-order valence-corrected chi connectivity index (χ4v) is 2.45. The molecular formula is C14H21NO2S. The SMILES string of the molecule is CC(c1ccccc1)N(C)C(=O)CSCCCO. The minimum absolute atomic E-state index is 0.0946. The van der Waals surface area contributed by atoms with Gasteiger partial charge >= 0.3 is 0 Å². The molecule has 18 heavy (non-hydrogen) atoms. The molecule has 0 radical (unpaired) electrons. The van der Waals surface area contributed by atoms with Gasteiger partial charge in [0.25, 0.3) is 0 Å². The lowest BCUT2D eigenvalue weighted by molar-refractivity contribution is -0.128. The summed E-state index contributed by atoms with van der Waals surface area (Å²) in [6, 6.07) is 10.1. The Morgan fingerprint density at radius 2 is 2.06 bits per heavy atom. The fraction of sp³-hybridized carbons (Fsp3) is 0.500. The molecule has 0 saturated heterocycles. The van der Waals surface area contributed by atoms with E-state index < -0.39 is 0 Å². The lowest BCUT2D eigenvalue weighted by Gasteiger charge is -2.25. The van der Waals surface area contributed by atoms with Crippen LogP contribution in [0.2, 0.25) is 0 Å². The molecule has 0 heterocycles. The monoisotopic (exact) mass is 267 g/mol. The standard InChI is InChI=1S/C14H21NO2S/c1-12(13-7-4-3-5-8-13)15(2)14(17)11-18-10-6-9-16/h3-5,7-8,12,16H,6,9-11H2,1-2H3. The summed E-state index contributed by atoms with van der Waals surface area (Å²) in [7, 11) is 1.84. The zero-order valence-corrected chi connectivity index (χ0v) is 11.8. The molecule has 4 heteroatoms. The number of rotatable bonds is 7. The van der Waals surface area contributed by atoms with Crippen LogP contribution in [0.15, 0.2) is 30.3 Å². The van der Waals surface area contributed by atoms with Crippen molar-refractivity contribution >= 4 is 17.7 Å². The quantitative estimate of drug-likeness (QED) is 0.771. The Morgan fingerprint density at radius 3 is 2.67 bits per heavy atom. The Balaban J connectivity index is 2.43. The molecule has 0 saturated carbocycles. The highest BCUT2D eigenvalue weighted by Gasteiger charge is 2.16.